The summed E-state index contributed by atoms with van der Waals surface area (Å²) < 4.78 is 5.18. The zero-order valence-electron chi connectivity index (χ0n) is 8.33. The van der Waals surface area contributed by atoms with Crippen molar-refractivity contribution in [1.82, 2.24) is 10.5 Å². The van der Waals surface area contributed by atoms with Gasteiger partial charge in [0.05, 0.1) is 5.69 Å². The molecular weight excluding hydrogens is 216 g/mol. The highest BCUT2D eigenvalue weighted by Gasteiger charge is 2.27. The fourth-order valence-corrected chi connectivity index (χ4v) is 1.48. The number of hydrogen-bond donors (Lipinski definition) is 1. The molecule has 0 bridgehead atoms. The average Bonchev–Trinajstić information content (AvgIpc) is 2.99. The molecule has 5 heteroatoms. The molecule has 1 aliphatic rings. The molecule has 0 atom stereocenters. The fraction of sp³-hybridized carbons (Fsp3) is 0.600. The largest absolute Gasteiger partial charge is 0.361 e. The van der Waals surface area contributed by atoms with Crippen LogP contribution in [0.3, 0.4) is 0 Å². The molecule has 1 heterocycles. The summed E-state index contributed by atoms with van der Waals surface area (Å²) in [6, 6.07) is 1.98. The maximum Gasteiger partial charge on any atom is 0.234 e. The maximum atomic E-state index is 10.8. The number of halogens is 1. The van der Waals surface area contributed by atoms with E-state index in [4.69, 9.17) is 16.1 Å². The van der Waals surface area contributed by atoms with Crippen LogP contribution in [-0.4, -0.2) is 23.5 Å². The summed E-state index contributed by atoms with van der Waals surface area (Å²) in [7, 11) is 0. The van der Waals surface area contributed by atoms with Crippen molar-refractivity contribution in [3.8, 4) is 0 Å². The molecule has 82 valence electrons. The van der Waals surface area contributed by atoms with E-state index in [9.17, 15) is 4.79 Å². The van der Waals surface area contributed by atoms with Gasteiger partial charge in [-0.3, -0.25) is 4.79 Å². The minimum absolute atomic E-state index is 0.00609. The van der Waals surface area contributed by atoms with Gasteiger partial charge in [0.15, 0.2) is 0 Å². The van der Waals surface area contributed by atoms with Crippen LogP contribution in [0.4, 0.5) is 0 Å². The lowest BCUT2D eigenvalue weighted by atomic mass is 10.2. The Kier molecular flexibility index (Phi) is 3.26. The molecule has 1 fully saturated rings. The third kappa shape index (κ3) is 2.96. The van der Waals surface area contributed by atoms with E-state index in [2.05, 4.69) is 10.5 Å². The standard InChI is InChI=1S/C10H13ClN2O2/c11-6-10(14)12-4-3-8-5-9(15-13-8)7-1-2-7/h5,7H,1-4,6H2,(H,12,14). The predicted octanol–water partition coefficient (Wildman–Crippen LogP) is 1.45. The molecule has 1 N–H and O–H groups in total. The summed E-state index contributed by atoms with van der Waals surface area (Å²) >= 11 is 5.34. The Balaban J connectivity index is 1.75. The van der Waals surface area contributed by atoms with Crippen LogP contribution >= 0.6 is 11.6 Å². The van der Waals surface area contributed by atoms with Crippen LogP contribution in [0.15, 0.2) is 10.6 Å². The second-order valence-corrected chi connectivity index (χ2v) is 4.00. The smallest absolute Gasteiger partial charge is 0.234 e. The molecule has 1 aliphatic carbocycles. The molecule has 1 amide bonds. The zero-order chi connectivity index (χ0) is 10.7. The average molecular weight is 229 g/mol. The first-order chi connectivity index (χ1) is 7.29. The highest BCUT2D eigenvalue weighted by atomic mass is 35.5. The number of rotatable bonds is 5. The summed E-state index contributed by atoms with van der Waals surface area (Å²) in [4.78, 5) is 10.8. The molecule has 0 saturated heterocycles. The van der Waals surface area contributed by atoms with Crippen molar-refractivity contribution < 1.29 is 9.32 Å². The third-order valence-electron chi connectivity index (χ3n) is 2.38. The highest BCUT2D eigenvalue weighted by molar-refractivity contribution is 6.27. The molecule has 1 saturated carbocycles. The Morgan fingerprint density at radius 2 is 2.47 bits per heavy atom. The second kappa shape index (κ2) is 4.66. The fourth-order valence-electron chi connectivity index (χ4n) is 1.38. The SMILES string of the molecule is O=C(CCl)NCCc1cc(C2CC2)on1. The number of hydrogen-bond acceptors (Lipinski definition) is 3. The molecule has 2 rings (SSSR count). The molecule has 0 spiro atoms. The van der Waals surface area contributed by atoms with E-state index >= 15 is 0 Å². The normalized spacial score (nSPS) is 15.3. The molecule has 0 aromatic carbocycles. The summed E-state index contributed by atoms with van der Waals surface area (Å²) in [6.07, 6.45) is 3.11. The Labute approximate surface area is 93.0 Å². The molecular formula is C10H13ClN2O2. The van der Waals surface area contributed by atoms with E-state index in [0.29, 0.717) is 18.9 Å². The van der Waals surface area contributed by atoms with E-state index in [1.165, 1.54) is 12.8 Å². The summed E-state index contributed by atoms with van der Waals surface area (Å²) in [6.45, 7) is 0.558. The Bertz CT molecular complexity index is 347. The number of carbonyl (C=O) groups excluding carboxylic acids is 1. The first-order valence-corrected chi connectivity index (χ1v) is 5.61. The van der Waals surface area contributed by atoms with Crippen LogP contribution in [0, 0.1) is 0 Å². The Hall–Kier alpha value is -1.03. The summed E-state index contributed by atoms with van der Waals surface area (Å²) in [5.74, 6) is 1.42. The van der Waals surface area contributed by atoms with E-state index in [-0.39, 0.29) is 11.8 Å². The number of aromatic nitrogens is 1. The molecule has 0 radical (unpaired) electrons. The number of nitrogens with one attached hydrogen (secondary N) is 1. The van der Waals surface area contributed by atoms with Gasteiger partial charge < -0.3 is 9.84 Å². The minimum Gasteiger partial charge on any atom is -0.361 e. The first-order valence-electron chi connectivity index (χ1n) is 5.07. The van der Waals surface area contributed by atoms with Gasteiger partial charge in [-0.05, 0) is 12.8 Å². The van der Waals surface area contributed by atoms with Crippen molar-refractivity contribution >= 4 is 17.5 Å². The second-order valence-electron chi connectivity index (χ2n) is 3.73. The quantitative estimate of drug-likeness (QED) is 0.777. The van der Waals surface area contributed by atoms with Gasteiger partial charge in [-0.2, -0.15) is 0 Å². The number of nitrogens with zero attached hydrogens (tertiary/aromatic N) is 1. The van der Waals surface area contributed by atoms with Gasteiger partial charge in [0, 0.05) is 24.9 Å². The summed E-state index contributed by atoms with van der Waals surface area (Å²) in [5, 5.41) is 6.62. The van der Waals surface area contributed by atoms with E-state index < -0.39 is 0 Å². The molecule has 0 aliphatic heterocycles. The molecule has 1 aromatic heterocycles. The first kappa shape index (κ1) is 10.5. The number of carbonyl (C=O) groups is 1. The van der Waals surface area contributed by atoms with Crippen molar-refractivity contribution in [2.24, 2.45) is 0 Å². The number of alkyl halides is 1. The van der Waals surface area contributed by atoms with Gasteiger partial charge >= 0.3 is 0 Å². The van der Waals surface area contributed by atoms with Crippen LogP contribution in [0.2, 0.25) is 0 Å². The van der Waals surface area contributed by atoms with Gasteiger partial charge in [0.25, 0.3) is 0 Å². The van der Waals surface area contributed by atoms with Gasteiger partial charge in [0.2, 0.25) is 5.91 Å². The van der Waals surface area contributed by atoms with Crippen LogP contribution in [0.25, 0.3) is 0 Å². The zero-order valence-corrected chi connectivity index (χ0v) is 9.09. The van der Waals surface area contributed by atoms with Crippen LogP contribution < -0.4 is 5.32 Å². The lowest BCUT2D eigenvalue weighted by Gasteiger charge is -1.98. The Morgan fingerprint density at radius 3 is 3.13 bits per heavy atom. The van der Waals surface area contributed by atoms with E-state index in [1.807, 2.05) is 6.07 Å². The van der Waals surface area contributed by atoms with Crippen LogP contribution in [0.1, 0.15) is 30.2 Å². The monoisotopic (exact) mass is 228 g/mol. The van der Waals surface area contributed by atoms with Crippen molar-refractivity contribution in [2.75, 3.05) is 12.4 Å². The van der Waals surface area contributed by atoms with Crippen molar-refractivity contribution in [3.05, 3.63) is 17.5 Å². The minimum atomic E-state index is -0.150. The maximum absolute atomic E-state index is 10.8. The topological polar surface area (TPSA) is 55.1 Å². The molecule has 0 unspecified atom stereocenters. The highest BCUT2D eigenvalue weighted by Crippen LogP contribution is 2.40. The summed E-state index contributed by atoms with van der Waals surface area (Å²) in [5.41, 5.74) is 0.895. The van der Waals surface area contributed by atoms with E-state index in [1.54, 1.807) is 0 Å². The molecule has 1 aromatic rings. The van der Waals surface area contributed by atoms with Gasteiger partial charge in [-0.25, -0.2) is 0 Å². The van der Waals surface area contributed by atoms with Crippen LogP contribution in [-0.2, 0) is 11.2 Å². The van der Waals surface area contributed by atoms with Crippen molar-refractivity contribution in [3.63, 3.8) is 0 Å². The molecule has 15 heavy (non-hydrogen) atoms. The lowest BCUT2D eigenvalue weighted by molar-refractivity contribution is -0.118. The van der Waals surface area contributed by atoms with Crippen molar-refractivity contribution in [2.45, 2.75) is 25.2 Å². The third-order valence-corrected chi connectivity index (χ3v) is 2.62. The van der Waals surface area contributed by atoms with E-state index in [0.717, 1.165) is 11.5 Å². The Morgan fingerprint density at radius 1 is 1.67 bits per heavy atom. The van der Waals surface area contributed by atoms with Gasteiger partial charge in [-0.1, -0.05) is 5.16 Å². The van der Waals surface area contributed by atoms with Crippen LogP contribution in [0.5, 0.6) is 0 Å². The van der Waals surface area contributed by atoms with Crippen molar-refractivity contribution in [1.29, 1.82) is 0 Å². The predicted molar refractivity (Wildman–Crippen MR) is 55.9 cm³/mol. The lowest BCUT2D eigenvalue weighted by Crippen LogP contribution is -2.26. The number of amides is 1. The van der Waals surface area contributed by atoms with Gasteiger partial charge in [0.1, 0.15) is 11.6 Å². The molecule has 4 nitrogen and oxygen atoms in total. The van der Waals surface area contributed by atoms with Gasteiger partial charge in [-0.15, -0.1) is 11.6 Å².